The number of alkyl halides is 1. The lowest BCUT2D eigenvalue weighted by atomic mass is 10.1. The molecule has 4 rings (SSSR count). The van der Waals surface area contributed by atoms with Crippen molar-refractivity contribution in [2.45, 2.75) is 23.4 Å². The highest BCUT2D eigenvalue weighted by atomic mass is 79.9. The molecule has 2 aromatic heterocycles. The summed E-state index contributed by atoms with van der Waals surface area (Å²) in [4.78, 5) is 18.5. The molecule has 0 spiro atoms. The molecular weight excluding hydrogens is 416 g/mol. The fourth-order valence-electron chi connectivity index (χ4n) is 2.72. The van der Waals surface area contributed by atoms with E-state index in [1.807, 2.05) is 29.6 Å². The monoisotopic (exact) mass is 426 g/mol. The van der Waals surface area contributed by atoms with Crippen LogP contribution in [0.5, 0.6) is 0 Å². The van der Waals surface area contributed by atoms with E-state index in [1.165, 1.54) is 11.3 Å². The van der Waals surface area contributed by atoms with Crippen LogP contribution in [0.15, 0.2) is 39.6 Å². The maximum atomic E-state index is 13.0. The molecule has 0 fully saturated rings. The zero-order valence-electron chi connectivity index (χ0n) is 12.2. The Labute approximate surface area is 154 Å². The molecule has 1 aliphatic heterocycles. The van der Waals surface area contributed by atoms with Gasteiger partial charge in [0.1, 0.15) is 4.83 Å². The molecule has 0 amide bonds. The molecule has 1 atom stereocenters. The van der Waals surface area contributed by atoms with Gasteiger partial charge in [0.15, 0.2) is 5.16 Å². The lowest BCUT2D eigenvalue weighted by Crippen LogP contribution is -2.28. The van der Waals surface area contributed by atoms with Crippen molar-refractivity contribution in [2.24, 2.45) is 0 Å². The quantitative estimate of drug-likeness (QED) is 0.424. The second kappa shape index (κ2) is 5.62. The summed E-state index contributed by atoms with van der Waals surface area (Å²) in [6, 6.07) is 7.57. The molecule has 0 saturated carbocycles. The lowest BCUT2D eigenvalue weighted by Gasteiger charge is -2.16. The van der Waals surface area contributed by atoms with E-state index in [0.29, 0.717) is 17.0 Å². The zero-order valence-corrected chi connectivity index (χ0v) is 16.2. The lowest BCUT2D eigenvalue weighted by molar-refractivity contribution is 0.555. The minimum absolute atomic E-state index is 0.0247. The third-order valence-electron chi connectivity index (χ3n) is 3.93. The molecule has 3 nitrogen and oxygen atoms in total. The first-order chi connectivity index (χ1) is 11.0. The standard InChI is InChI=1S/C16H12BrClN2OS2/c1-16(7-17)8-20-14(21)12-11(9-2-4-10(18)5-3-9)6-22-13(12)19-15(20)23-16/h2-6H,7-8H2,1H3. The van der Waals surface area contributed by atoms with Crippen LogP contribution in [0.3, 0.4) is 0 Å². The third-order valence-corrected chi connectivity index (χ3v) is 7.92. The Balaban J connectivity index is 1.93. The van der Waals surface area contributed by atoms with Gasteiger partial charge in [-0.3, -0.25) is 9.36 Å². The van der Waals surface area contributed by atoms with Gasteiger partial charge in [0.05, 0.1) is 5.39 Å². The Bertz CT molecular complexity index is 967. The maximum Gasteiger partial charge on any atom is 0.263 e. The van der Waals surface area contributed by atoms with E-state index in [1.54, 1.807) is 16.3 Å². The van der Waals surface area contributed by atoms with Crippen molar-refractivity contribution in [2.75, 3.05) is 5.33 Å². The summed E-state index contributed by atoms with van der Waals surface area (Å²) in [5.74, 6) is 0. The molecule has 118 valence electrons. The predicted octanol–water partition coefficient (Wildman–Crippen LogP) is 5.04. The number of fused-ring (bicyclic) bond motifs is 2. The maximum absolute atomic E-state index is 13.0. The number of aromatic nitrogens is 2. The third kappa shape index (κ3) is 2.56. The van der Waals surface area contributed by atoms with Crippen LogP contribution in [-0.2, 0) is 6.54 Å². The van der Waals surface area contributed by atoms with Gasteiger partial charge < -0.3 is 0 Å². The summed E-state index contributed by atoms with van der Waals surface area (Å²) in [7, 11) is 0. The summed E-state index contributed by atoms with van der Waals surface area (Å²) >= 11 is 12.7. The van der Waals surface area contributed by atoms with Crippen LogP contribution in [0, 0.1) is 0 Å². The number of thiophene rings is 1. The second-order valence-electron chi connectivity index (χ2n) is 5.81. The summed E-state index contributed by atoms with van der Waals surface area (Å²) in [6.07, 6.45) is 0. The van der Waals surface area contributed by atoms with Gasteiger partial charge in [-0.15, -0.1) is 11.3 Å². The van der Waals surface area contributed by atoms with Crippen molar-refractivity contribution in [3.63, 3.8) is 0 Å². The largest absolute Gasteiger partial charge is 0.286 e. The fourth-order valence-corrected chi connectivity index (χ4v) is 5.45. The molecule has 0 N–H and O–H groups in total. The smallest absolute Gasteiger partial charge is 0.263 e. The molecule has 7 heteroatoms. The number of halogens is 2. The number of thioether (sulfide) groups is 1. The van der Waals surface area contributed by atoms with Gasteiger partial charge in [0.25, 0.3) is 5.56 Å². The van der Waals surface area contributed by atoms with Crippen molar-refractivity contribution in [3.05, 3.63) is 45.0 Å². The Hall–Kier alpha value is -0.820. The van der Waals surface area contributed by atoms with Gasteiger partial charge in [0, 0.05) is 32.6 Å². The first-order valence-corrected chi connectivity index (χ1v) is 10.2. The van der Waals surface area contributed by atoms with Gasteiger partial charge in [-0.1, -0.05) is 51.4 Å². The molecule has 1 aliphatic rings. The molecule has 0 bridgehead atoms. The molecule has 23 heavy (non-hydrogen) atoms. The van der Waals surface area contributed by atoms with Crippen LogP contribution in [0.1, 0.15) is 6.92 Å². The fraction of sp³-hybridized carbons (Fsp3) is 0.250. The van der Waals surface area contributed by atoms with Gasteiger partial charge in [0.2, 0.25) is 0 Å². The molecule has 1 aromatic carbocycles. The van der Waals surface area contributed by atoms with Crippen LogP contribution in [0.25, 0.3) is 21.3 Å². The van der Waals surface area contributed by atoms with E-state index < -0.39 is 0 Å². The van der Waals surface area contributed by atoms with Crippen molar-refractivity contribution in [1.82, 2.24) is 9.55 Å². The highest BCUT2D eigenvalue weighted by Crippen LogP contribution is 2.42. The Morgan fingerprint density at radius 2 is 2.13 bits per heavy atom. The van der Waals surface area contributed by atoms with E-state index in [9.17, 15) is 4.79 Å². The van der Waals surface area contributed by atoms with E-state index in [0.717, 1.165) is 26.4 Å². The van der Waals surface area contributed by atoms with Crippen LogP contribution >= 0.6 is 50.6 Å². The predicted molar refractivity (Wildman–Crippen MR) is 102 cm³/mol. The van der Waals surface area contributed by atoms with E-state index in [-0.39, 0.29) is 10.3 Å². The Morgan fingerprint density at radius 3 is 2.83 bits per heavy atom. The first-order valence-electron chi connectivity index (χ1n) is 7.04. The summed E-state index contributed by atoms with van der Waals surface area (Å²) in [6.45, 7) is 2.82. The van der Waals surface area contributed by atoms with Gasteiger partial charge >= 0.3 is 0 Å². The second-order valence-corrected chi connectivity index (χ2v) is 9.22. The van der Waals surface area contributed by atoms with Crippen LogP contribution in [0.4, 0.5) is 0 Å². The average Bonchev–Trinajstić information content (AvgIpc) is 3.10. The van der Waals surface area contributed by atoms with Crippen LogP contribution < -0.4 is 5.56 Å². The number of rotatable bonds is 2. The van der Waals surface area contributed by atoms with Gasteiger partial charge in [-0.05, 0) is 24.6 Å². The Morgan fingerprint density at radius 1 is 1.39 bits per heavy atom. The normalized spacial score (nSPS) is 20.1. The summed E-state index contributed by atoms with van der Waals surface area (Å²) in [5.41, 5.74) is 1.98. The molecular formula is C16H12BrClN2OS2. The van der Waals surface area contributed by atoms with Crippen molar-refractivity contribution < 1.29 is 0 Å². The topological polar surface area (TPSA) is 34.9 Å². The van der Waals surface area contributed by atoms with E-state index in [2.05, 4.69) is 22.9 Å². The minimum atomic E-state index is -0.0247. The highest BCUT2D eigenvalue weighted by Gasteiger charge is 2.35. The number of hydrogen-bond donors (Lipinski definition) is 0. The first kappa shape index (κ1) is 15.7. The van der Waals surface area contributed by atoms with Crippen LogP contribution in [-0.4, -0.2) is 19.6 Å². The summed E-state index contributed by atoms with van der Waals surface area (Å²) < 4.78 is 1.78. The van der Waals surface area contributed by atoms with E-state index in [4.69, 9.17) is 16.6 Å². The molecule has 3 aromatic rings. The number of hydrogen-bond acceptors (Lipinski definition) is 4. The molecule has 0 saturated heterocycles. The van der Waals surface area contributed by atoms with Gasteiger partial charge in [-0.2, -0.15) is 0 Å². The Kier molecular flexibility index (Phi) is 3.83. The minimum Gasteiger partial charge on any atom is -0.286 e. The molecule has 3 heterocycles. The van der Waals surface area contributed by atoms with Gasteiger partial charge in [-0.25, -0.2) is 4.98 Å². The highest BCUT2D eigenvalue weighted by molar-refractivity contribution is 9.09. The van der Waals surface area contributed by atoms with Crippen LogP contribution in [0.2, 0.25) is 5.02 Å². The van der Waals surface area contributed by atoms with Crippen molar-refractivity contribution in [1.29, 1.82) is 0 Å². The number of nitrogens with zero attached hydrogens (tertiary/aromatic N) is 2. The summed E-state index contributed by atoms with van der Waals surface area (Å²) in [5, 5.41) is 5.04. The number of benzene rings is 1. The average molecular weight is 428 g/mol. The molecule has 1 unspecified atom stereocenters. The van der Waals surface area contributed by atoms with Crippen molar-refractivity contribution in [3.8, 4) is 11.1 Å². The van der Waals surface area contributed by atoms with Crippen molar-refractivity contribution >= 4 is 60.8 Å². The SMILES string of the molecule is CC1(CBr)Cn2c(nc3scc(-c4ccc(Cl)cc4)c3c2=O)S1. The molecule has 0 radical (unpaired) electrons. The zero-order chi connectivity index (χ0) is 16.2. The van der Waals surface area contributed by atoms with E-state index >= 15 is 0 Å². The molecule has 0 aliphatic carbocycles.